The number of benzene rings is 2. The van der Waals surface area contributed by atoms with Crippen LogP contribution in [0.2, 0.25) is 5.02 Å². The molecule has 0 amide bonds. The third-order valence-corrected chi connectivity index (χ3v) is 3.43. The van der Waals surface area contributed by atoms with Crippen LogP contribution < -0.4 is 10.1 Å². The molecular formula is C16H16ClF2NO. The minimum absolute atomic E-state index is 0.0417. The van der Waals surface area contributed by atoms with Crippen LogP contribution in [0.25, 0.3) is 0 Å². The van der Waals surface area contributed by atoms with Crippen LogP contribution in [0.1, 0.15) is 24.1 Å². The summed E-state index contributed by atoms with van der Waals surface area (Å²) in [7, 11) is 1.51. The number of hydrogen-bond acceptors (Lipinski definition) is 2. The second-order valence-corrected chi connectivity index (χ2v) is 4.95. The largest absolute Gasteiger partial charge is 0.496 e. The maximum absolute atomic E-state index is 14.1. The zero-order valence-corrected chi connectivity index (χ0v) is 12.5. The van der Waals surface area contributed by atoms with E-state index in [1.165, 1.54) is 25.3 Å². The molecular weight excluding hydrogens is 296 g/mol. The van der Waals surface area contributed by atoms with Crippen molar-refractivity contribution in [2.24, 2.45) is 0 Å². The van der Waals surface area contributed by atoms with Crippen molar-refractivity contribution in [2.45, 2.75) is 13.0 Å². The van der Waals surface area contributed by atoms with E-state index < -0.39 is 17.7 Å². The maximum atomic E-state index is 14.1. The van der Waals surface area contributed by atoms with Gasteiger partial charge in [-0.05, 0) is 36.9 Å². The Labute approximate surface area is 127 Å². The zero-order valence-electron chi connectivity index (χ0n) is 11.8. The summed E-state index contributed by atoms with van der Waals surface area (Å²) >= 11 is 6.01. The Hall–Kier alpha value is -1.65. The van der Waals surface area contributed by atoms with Gasteiger partial charge in [0.05, 0.1) is 13.2 Å². The minimum Gasteiger partial charge on any atom is -0.496 e. The molecule has 0 spiro atoms. The van der Waals surface area contributed by atoms with Crippen molar-refractivity contribution in [3.05, 3.63) is 64.2 Å². The molecule has 0 fully saturated rings. The van der Waals surface area contributed by atoms with E-state index in [2.05, 4.69) is 5.32 Å². The van der Waals surface area contributed by atoms with Crippen molar-refractivity contribution < 1.29 is 13.5 Å². The maximum Gasteiger partial charge on any atom is 0.131 e. The van der Waals surface area contributed by atoms with Crippen LogP contribution in [0.5, 0.6) is 5.75 Å². The van der Waals surface area contributed by atoms with Gasteiger partial charge in [0, 0.05) is 16.1 Å². The highest BCUT2D eigenvalue weighted by Gasteiger charge is 2.24. The topological polar surface area (TPSA) is 21.3 Å². The van der Waals surface area contributed by atoms with Crippen molar-refractivity contribution in [1.82, 2.24) is 5.32 Å². The molecule has 2 rings (SSSR count). The molecule has 0 aromatic heterocycles. The third-order valence-electron chi connectivity index (χ3n) is 3.20. The van der Waals surface area contributed by atoms with Gasteiger partial charge in [0.1, 0.15) is 17.4 Å². The van der Waals surface area contributed by atoms with Gasteiger partial charge < -0.3 is 10.1 Å². The molecule has 0 aliphatic heterocycles. The molecule has 1 N–H and O–H groups in total. The minimum atomic E-state index is -0.676. The predicted molar refractivity (Wildman–Crippen MR) is 79.9 cm³/mol. The highest BCUT2D eigenvalue weighted by molar-refractivity contribution is 6.30. The van der Waals surface area contributed by atoms with E-state index in [4.69, 9.17) is 16.3 Å². The van der Waals surface area contributed by atoms with Crippen molar-refractivity contribution in [3.63, 3.8) is 0 Å². The van der Waals surface area contributed by atoms with E-state index in [0.717, 1.165) is 0 Å². The van der Waals surface area contributed by atoms with Gasteiger partial charge in [-0.2, -0.15) is 0 Å². The van der Waals surface area contributed by atoms with Crippen LogP contribution in [0.4, 0.5) is 8.78 Å². The third kappa shape index (κ3) is 3.34. The van der Waals surface area contributed by atoms with Gasteiger partial charge in [-0.15, -0.1) is 0 Å². The van der Waals surface area contributed by atoms with E-state index in [1.807, 2.05) is 6.92 Å². The molecule has 1 unspecified atom stereocenters. The first-order valence-corrected chi connectivity index (χ1v) is 6.97. The fraction of sp³-hybridized carbons (Fsp3) is 0.250. The lowest BCUT2D eigenvalue weighted by molar-refractivity contribution is 0.401. The molecule has 21 heavy (non-hydrogen) atoms. The number of nitrogens with one attached hydrogen (secondary N) is 1. The molecule has 0 aliphatic rings. The Balaban J connectivity index is 2.61. The molecule has 1 atom stereocenters. The lowest BCUT2D eigenvalue weighted by atomic mass is 9.96. The highest BCUT2D eigenvalue weighted by atomic mass is 35.5. The standard InChI is InChI=1S/C16H16ClF2NO/c1-3-20-16(15-12(18)5-4-6-13(15)19)11-9-10(17)7-8-14(11)21-2/h4-9,16,20H,3H2,1-2H3. The Bertz CT molecular complexity index is 613. The molecule has 0 radical (unpaired) electrons. The number of halogens is 3. The first kappa shape index (κ1) is 15.7. The van der Waals surface area contributed by atoms with Crippen LogP contribution in [-0.2, 0) is 0 Å². The van der Waals surface area contributed by atoms with Crippen molar-refractivity contribution in [1.29, 1.82) is 0 Å². The summed E-state index contributed by atoms with van der Waals surface area (Å²) < 4.78 is 33.5. The molecule has 0 saturated heterocycles. The molecule has 2 aromatic carbocycles. The van der Waals surface area contributed by atoms with Crippen molar-refractivity contribution in [2.75, 3.05) is 13.7 Å². The molecule has 0 aliphatic carbocycles. The van der Waals surface area contributed by atoms with Crippen LogP contribution in [0.3, 0.4) is 0 Å². The van der Waals surface area contributed by atoms with Gasteiger partial charge >= 0.3 is 0 Å². The van der Waals surface area contributed by atoms with E-state index in [9.17, 15) is 8.78 Å². The van der Waals surface area contributed by atoms with E-state index in [1.54, 1.807) is 18.2 Å². The zero-order chi connectivity index (χ0) is 15.4. The summed E-state index contributed by atoms with van der Waals surface area (Å²) in [6.07, 6.45) is 0. The fourth-order valence-corrected chi connectivity index (χ4v) is 2.47. The van der Waals surface area contributed by atoms with Gasteiger partial charge in [-0.1, -0.05) is 24.6 Å². The van der Waals surface area contributed by atoms with Gasteiger partial charge in [-0.25, -0.2) is 8.78 Å². The summed E-state index contributed by atoms with van der Waals surface area (Å²) in [5.74, 6) is -0.695. The predicted octanol–water partition coefficient (Wildman–Crippen LogP) is 4.33. The average molecular weight is 312 g/mol. The summed E-state index contributed by atoms with van der Waals surface area (Å²) in [5, 5.41) is 3.56. The molecule has 112 valence electrons. The summed E-state index contributed by atoms with van der Waals surface area (Å²) in [6, 6.07) is 8.14. The SMILES string of the molecule is CCNC(c1cc(Cl)ccc1OC)c1c(F)cccc1F. The lowest BCUT2D eigenvalue weighted by Crippen LogP contribution is -2.24. The number of methoxy groups -OCH3 is 1. The highest BCUT2D eigenvalue weighted by Crippen LogP contribution is 2.34. The van der Waals surface area contributed by atoms with E-state index in [-0.39, 0.29) is 5.56 Å². The van der Waals surface area contributed by atoms with Crippen LogP contribution >= 0.6 is 11.6 Å². The second kappa shape index (κ2) is 6.87. The van der Waals surface area contributed by atoms with E-state index in [0.29, 0.717) is 22.9 Å². The van der Waals surface area contributed by atoms with Gasteiger partial charge in [0.15, 0.2) is 0 Å². The molecule has 5 heteroatoms. The van der Waals surface area contributed by atoms with Gasteiger partial charge in [0.25, 0.3) is 0 Å². The number of ether oxygens (including phenoxy) is 1. The second-order valence-electron chi connectivity index (χ2n) is 4.51. The molecule has 0 bridgehead atoms. The summed E-state index contributed by atoms with van der Waals surface area (Å²) in [5.41, 5.74) is 0.552. The quantitative estimate of drug-likeness (QED) is 0.887. The molecule has 2 aromatic rings. The van der Waals surface area contributed by atoms with Crippen molar-refractivity contribution in [3.8, 4) is 5.75 Å². The summed E-state index contributed by atoms with van der Waals surface area (Å²) in [6.45, 7) is 2.40. The fourth-order valence-electron chi connectivity index (χ4n) is 2.29. The molecule has 0 saturated carbocycles. The number of rotatable bonds is 5. The summed E-state index contributed by atoms with van der Waals surface area (Å²) in [4.78, 5) is 0. The van der Waals surface area contributed by atoms with Crippen LogP contribution in [0, 0.1) is 11.6 Å². The first-order chi connectivity index (χ1) is 10.1. The Morgan fingerprint density at radius 1 is 1.19 bits per heavy atom. The monoisotopic (exact) mass is 311 g/mol. The Kier molecular flexibility index (Phi) is 5.15. The van der Waals surface area contributed by atoms with Crippen LogP contribution in [-0.4, -0.2) is 13.7 Å². The van der Waals surface area contributed by atoms with Gasteiger partial charge in [0.2, 0.25) is 0 Å². The molecule has 2 nitrogen and oxygen atoms in total. The Morgan fingerprint density at radius 2 is 1.86 bits per heavy atom. The average Bonchev–Trinajstić information content (AvgIpc) is 2.46. The number of hydrogen-bond donors (Lipinski definition) is 1. The van der Waals surface area contributed by atoms with Gasteiger partial charge in [-0.3, -0.25) is 0 Å². The first-order valence-electron chi connectivity index (χ1n) is 6.59. The normalized spacial score (nSPS) is 12.2. The molecule has 0 heterocycles. The van der Waals surface area contributed by atoms with Crippen molar-refractivity contribution >= 4 is 11.6 Å². The lowest BCUT2D eigenvalue weighted by Gasteiger charge is -2.22. The van der Waals surface area contributed by atoms with Crippen LogP contribution in [0.15, 0.2) is 36.4 Å². The smallest absolute Gasteiger partial charge is 0.131 e. The Morgan fingerprint density at radius 3 is 2.43 bits per heavy atom. The van der Waals surface area contributed by atoms with E-state index >= 15 is 0 Å².